The minimum atomic E-state index is -0.342. The molecule has 130 valence electrons. The summed E-state index contributed by atoms with van der Waals surface area (Å²) >= 11 is 0. The maximum atomic E-state index is 9.22. The first-order valence-electron chi connectivity index (χ1n) is 8.37. The van der Waals surface area contributed by atoms with Crippen LogP contribution in [0.25, 0.3) is 11.1 Å². The summed E-state index contributed by atoms with van der Waals surface area (Å²) in [4.78, 5) is 0. The molecule has 0 saturated carbocycles. The molecule has 2 unspecified atom stereocenters. The van der Waals surface area contributed by atoms with Gasteiger partial charge in [-0.2, -0.15) is 0 Å². The normalized spacial score (nSPS) is 13.3. The van der Waals surface area contributed by atoms with Gasteiger partial charge in [0.2, 0.25) is 0 Å². The zero-order valence-electron chi connectivity index (χ0n) is 14.3. The van der Waals surface area contributed by atoms with Gasteiger partial charge in [-0.1, -0.05) is 24.3 Å². The van der Waals surface area contributed by atoms with Crippen molar-refractivity contribution in [3.8, 4) is 22.6 Å². The Hall–Kier alpha value is -2.04. The third kappa shape index (κ3) is 6.22. The van der Waals surface area contributed by atoms with Gasteiger partial charge >= 0.3 is 0 Å². The van der Waals surface area contributed by atoms with E-state index in [0.717, 1.165) is 22.6 Å². The second-order valence-electron chi connectivity index (χ2n) is 6.02. The lowest BCUT2D eigenvalue weighted by Gasteiger charge is -2.10. The fourth-order valence-corrected chi connectivity index (χ4v) is 2.18. The summed E-state index contributed by atoms with van der Waals surface area (Å²) < 4.78 is 11.2. The summed E-state index contributed by atoms with van der Waals surface area (Å²) in [6.07, 6.45) is 0.562. The highest BCUT2D eigenvalue weighted by molar-refractivity contribution is 5.64. The highest BCUT2D eigenvalue weighted by atomic mass is 16.5. The maximum Gasteiger partial charge on any atom is 0.119 e. The third-order valence-electron chi connectivity index (χ3n) is 3.65. The summed E-state index contributed by atoms with van der Waals surface area (Å²) in [7, 11) is 0. The Morgan fingerprint density at radius 2 is 1.00 bits per heavy atom. The lowest BCUT2D eigenvalue weighted by molar-refractivity contribution is 0.155. The minimum Gasteiger partial charge on any atom is -0.493 e. The molecule has 0 amide bonds. The number of ether oxygens (including phenoxy) is 2. The van der Waals surface area contributed by atoms with E-state index in [1.54, 1.807) is 13.8 Å². The molecule has 0 aliphatic carbocycles. The first kappa shape index (κ1) is 18.3. The Kier molecular flexibility index (Phi) is 7.09. The van der Waals surface area contributed by atoms with Gasteiger partial charge in [0, 0.05) is 12.8 Å². The zero-order chi connectivity index (χ0) is 17.4. The van der Waals surface area contributed by atoms with Gasteiger partial charge in [0.1, 0.15) is 11.5 Å². The van der Waals surface area contributed by atoms with Crippen molar-refractivity contribution in [2.75, 3.05) is 13.2 Å². The molecule has 0 saturated heterocycles. The molecule has 4 heteroatoms. The van der Waals surface area contributed by atoms with Crippen LogP contribution in [-0.4, -0.2) is 35.6 Å². The summed E-state index contributed by atoms with van der Waals surface area (Å²) in [5, 5.41) is 18.4. The van der Waals surface area contributed by atoms with E-state index in [1.165, 1.54) is 0 Å². The average molecular weight is 330 g/mol. The van der Waals surface area contributed by atoms with E-state index in [4.69, 9.17) is 9.47 Å². The Morgan fingerprint density at radius 1 is 0.667 bits per heavy atom. The fourth-order valence-electron chi connectivity index (χ4n) is 2.18. The predicted molar refractivity (Wildman–Crippen MR) is 95.5 cm³/mol. The molecule has 0 spiro atoms. The van der Waals surface area contributed by atoms with Crippen molar-refractivity contribution in [2.45, 2.75) is 38.9 Å². The predicted octanol–water partition coefficient (Wildman–Crippen LogP) is 3.65. The molecule has 0 bridgehead atoms. The van der Waals surface area contributed by atoms with E-state index in [9.17, 15) is 10.2 Å². The van der Waals surface area contributed by atoms with Gasteiger partial charge in [-0.3, -0.25) is 0 Å². The molecule has 2 atom stereocenters. The first-order valence-corrected chi connectivity index (χ1v) is 8.37. The van der Waals surface area contributed by atoms with Crippen LogP contribution in [0.3, 0.4) is 0 Å². The highest BCUT2D eigenvalue weighted by Gasteiger charge is 2.02. The number of hydrogen-bond acceptors (Lipinski definition) is 4. The van der Waals surface area contributed by atoms with Gasteiger partial charge in [0.25, 0.3) is 0 Å². The van der Waals surface area contributed by atoms with Crippen molar-refractivity contribution in [1.82, 2.24) is 0 Å². The number of aliphatic hydroxyl groups is 2. The minimum absolute atomic E-state index is 0.342. The van der Waals surface area contributed by atoms with Crippen molar-refractivity contribution in [3.63, 3.8) is 0 Å². The van der Waals surface area contributed by atoms with Crippen LogP contribution in [0.2, 0.25) is 0 Å². The Labute approximate surface area is 143 Å². The van der Waals surface area contributed by atoms with Crippen molar-refractivity contribution in [1.29, 1.82) is 0 Å². The molecule has 2 rings (SSSR count). The second kappa shape index (κ2) is 9.30. The SMILES string of the molecule is CC(O)CCOc1ccc(-c2ccc(OCCC(C)O)cc2)cc1. The fraction of sp³-hybridized carbons (Fsp3) is 0.400. The molecule has 24 heavy (non-hydrogen) atoms. The quantitative estimate of drug-likeness (QED) is 0.737. The van der Waals surface area contributed by atoms with Gasteiger partial charge in [-0.25, -0.2) is 0 Å². The maximum absolute atomic E-state index is 9.22. The molecule has 2 aromatic rings. The molecular weight excluding hydrogens is 304 g/mol. The van der Waals surface area contributed by atoms with E-state index in [2.05, 4.69) is 0 Å². The molecule has 2 N–H and O–H groups in total. The van der Waals surface area contributed by atoms with E-state index in [1.807, 2.05) is 48.5 Å². The molecule has 0 aliphatic rings. The topological polar surface area (TPSA) is 58.9 Å². The van der Waals surface area contributed by atoms with Crippen LogP contribution in [0, 0.1) is 0 Å². The van der Waals surface area contributed by atoms with Crippen LogP contribution < -0.4 is 9.47 Å². The monoisotopic (exact) mass is 330 g/mol. The average Bonchev–Trinajstić information content (AvgIpc) is 2.56. The van der Waals surface area contributed by atoms with Crippen molar-refractivity contribution in [2.24, 2.45) is 0 Å². The van der Waals surface area contributed by atoms with E-state index >= 15 is 0 Å². The van der Waals surface area contributed by atoms with Crippen molar-refractivity contribution >= 4 is 0 Å². The summed E-state index contributed by atoms with van der Waals surface area (Å²) in [5.41, 5.74) is 2.21. The molecule has 0 heterocycles. The van der Waals surface area contributed by atoms with Crippen LogP contribution in [0.5, 0.6) is 11.5 Å². The number of benzene rings is 2. The van der Waals surface area contributed by atoms with Gasteiger partial charge in [-0.15, -0.1) is 0 Å². The molecule has 4 nitrogen and oxygen atoms in total. The molecule has 0 aromatic heterocycles. The van der Waals surface area contributed by atoms with Gasteiger partial charge in [-0.05, 0) is 49.2 Å². The van der Waals surface area contributed by atoms with Gasteiger partial charge in [0.05, 0.1) is 25.4 Å². The Bertz CT molecular complexity index is 533. The van der Waals surface area contributed by atoms with Gasteiger partial charge < -0.3 is 19.7 Å². The second-order valence-corrected chi connectivity index (χ2v) is 6.02. The van der Waals surface area contributed by atoms with Crippen LogP contribution in [0.1, 0.15) is 26.7 Å². The summed E-state index contributed by atoms with van der Waals surface area (Å²) in [6, 6.07) is 15.8. The molecule has 0 aliphatic heterocycles. The number of aliphatic hydroxyl groups excluding tert-OH is 2. The molecule has 0 fully saturated rings. The van der Waals surface area contributed by atoms with E-state index in [-0.39, 0.29) is 12.2 Å². The summed E-state index contributed by atoms with van der Waals surface area (Å²) in [5.74, 6) is 1.61. The van der Waals surface area contributed by atoms with Crippen molar-refractivity contribution < 1.29 is 19.7 Å². The largest absolute Gasteiger partial charge is 0.493 e. The highest BCUT2D eigenvalue weighted by Crippen LogP contribution is 2.24. The zero-order valence-corrected chi connectivity index (χ0v) is 14.3. The Morgan fingerprint density at radius 3 is 1.29 bits per heavy atom. The summed E-state index contributed by atoms with van der Waals surface area (Å²) in [6.45, 7) is 4.53. The lowest BCUT2D eigenvalue weighted by atomic mass is 10.1. The number of rotatable bonds is 9. The van der Waals surface area contributed by atoms with E-state index < -0.39 is 0 Å². The smallest absolute Gasteiger partial charge is 0.119 e. The molecular formula is C20H26O4. The third-order valence-corrected chi connectivity index (χ3v) is 3.65. The van der Waals surface area contributed by atoms with Crippen LogP contribution in [-0.2, 0) is 0 Å². The standard InChI is InChI=1S/C20H26O4/c1-15(21)11-13-23-19-7-3-17(4-8-19)18-5-9-20(10-6-18)24-14-12-16(2)22/h3-10,15-16,21-22H,11-14H2,1-2H3. The molecule has 0 radical (unpaired) electrons. The Balaban J connectivity index is 1.89. The van der Waals surface area contributed by atoms with Crippen LogP contribution >= 0.6 is 0 Å². The van der Waals surface area contributed by atoms with Crippen LogP contribution in [0.4, 0.5) is 0 Å². The van der Waals surface area contributed by atoms with Crippen molar-refractivity contribution in [3.05, 3.63) is 48.5 Å². The molecule has 2 aromatic carbocycles. The lowest BCUT2D eigenvalue weighted by Crippen LogP contribution is -2.07. The number of hydrogen-bond donors (Lipinski definition) is 2. The van der Waals surface area contributed by atoms with Gasteiger partial charge in [0.15, 0.2) is 0 Å². The van der Waals surface area contributed by atoms with Crippen LogP contribution in [0.15, 0.2) is 48.5 Å². The van der Waals surface area contributed by atoms with E-state index in [0.29, 0.717) is 26.1 Å². The first-order chi connectivity index (χ1) is 11.5.